The first-order valence-corrected chi connectivity index (χ1v) is 5.95. The summed E-state index contributed by atoms with van der Waals surface area (Å²) in [4.78, 5) is 0. The Labute approximate surface area is 97.3 Å². The first-order valence-electron chi connectivity index (χ1n) is 5.95. The fourth-order valence-corrected chi connectivity index (χ4v) is 1.86. The van der Waals surface area contributed by atoms with Crippen LogP contribution in [0.4, 0.5) is 0 Å². The number of ether oxygens (including phenoxy) is 1. The van der Waals surface area contributed by atoms with E-state index < -0.39 is 0 Å². The fraction of sp³-hybridized carbons (Fsp3) is 0.429. The molecule has 1 aliphatic heterocycles. The minimum Gasteiger partial charge on any atom is -0.376 e. The molecular weight excluding hydrogens is 198 g/mol. The average molecular weight is 217 g/mol. The van der Waals surface area contributed by atoms with Gasteiger partial charge in [-0.05, 0) is 24.9 Å². The van der Waals surface area contributed by atoms with Gasteiger partial charge in [0.15, 0.2) is 0 Å². The van der Waals surface area contributed by atoms with Crippen LogP contribution in [0.15, 0.2) is 42.0 Å². The monoisotopic (exact) mass is 217 g/mol. The molecular formula is C14H19NO. The maximum atomic E-state index is 5.66. The van der Waals surface area contributed by atoms with Gasteiger partial charge >= 0.3 is 0 Å². The second-order valence-electron chi connectivity index (χ2n) is 4.10. The van der Waals surface area contributed by atoms with E-state index in [1.807, 2.05) is 18.2 Å². The third-order valence-corrected chi connectivity index (χ3v) is 2.84. The summed E-state index contributed by atoms with van der Waals surface area (Å²) in [5, 5.41) is 3.31. The SMILES string of the molecule is C1=C(CCOCc2ccccc2)CCNC1. The predicted octanol–water partition coefficient (Wildman–Crippen LogP) is 2.51. The number of hydrogen-bond acceptors (Lipinski definition) is 2. The summed E-state index contributed by atoms with van der Waals surface area (Å²) in [7, 11) is 0. The van der Waals surface area contributed by atoms with Gasteiger partial charge in [0.05, 0.1) is 13.2 Å². The van der Waals surface area contributed by atoms with E-state index >= 15 is 0 Å². The van der Waals surface area contributed by atoms with Crippen molar-refractivity contribution in [1.82, 2.24) is 5.32 Å². The van der Waals surface area contributed by atoms with E-state index in [9.17, 15) is 0 Å². The summed E-state index contributed by atoms with van der Waals surface area (Å²) < 4.78 is 5.66. The van der Waals surface area contributed by atoms with Gasteiger partial charge in [-0.3, -0.25) is 0 Å². The normalized spacial score (nSPS) is 15.9. The second-order valence-corrected chi connectivity index (χ2v) is 4.10. The van der Waals surface area contributed by atoms with Gasteiger partial charge in [0.1, 0.15) is 0 Å². The smallest absolute Gasteiger partial charge is 0.0717 e. The van der Waals surface area contributed by atoms with Crippen molar-refractivity contribution in [3.63, 3.8) is 0 Å². The van der Waals surface area contributed by atoms with Crippen LogP contribution in [0.25, 0.3) is 0 Å². The highest BCUT2D eigenvalue weighted by molar-refractivity contribution is 5.13. The van der Waals surface area contributed by atoms with Crippen LogP contribution in [-0.2, 0) is 11.3 Å². The van der Waals surface area contributed by atoms with Crippen molar-refractivity contribution in [2.45, 2.75) is 19.4 Å². The zero-order chi connectivity index (χ0) is 11.1. The Hall–Kier alpha value is -1.12. The van der Waals surface area contributed by atoms with E-state index in [1.54, 1.807) is 0 Å². The lowest BCUT2D eigenvalue weighted by atomic mass is 10.1. The van der Waals surface area contributed by atoms with Gasteiger partial charge in [-0.25, -0.2) is 0 Å². The topological polar surface area (TPSA) is 21.3 Å². The van der Waals surface area contributed by atoms with Crippen LogP contribution in [-0.4, -0.2) is 19.7 Å². The van der Waals surface area contributed by atoms with Crippen molar-refractivity contribution in [3.8, 4) is 0 Å². The molecule has 0 amide bonds. The van der Waals surface area contributed by atoms with Crippen molar-refractivity contribution in [1.29, 1.82) is 0 Å². The van der Waals surface area contributed by atoms with E-state index in [2.05, 4.69) is 23.5 Å². The Morgan fingerprint density at radius 1 is 1.19 bits per heavy atom. The third-order valence-electron chi connectivity index (χ3n) is 2.84. The lowest BCUT2D eigenvalue weighted by Gasteiger charge is -2.13. The molecule has 0 saturated heterocycles. The minimum absolute atomic E-state index is 0.729. The Morgan fingerprint density at radius 3 is 2.81 bits per heavy atom. The van der Waals surface area contributed by atoms with E-state index in [0.717, 1.165) is 32.7 Å². The van der Waals surface area contributed by atoms with Gasteiger partial charge in [0, 0.05) is 6.54 Å². The molecule has 0 bridgehead atoms. The number of rotatable bonds is 5. The van der Waals surface area contributed by atoms with Crippen LogP contribution in [0.3, 0.4) is 0 Å². The number of benzene rings is 1. The van der Waals surface area contributed by atoms with E-state index in [0.29, 0.717) is 0 Å². The van der Waals surface area contributed by atoms with Gasteiger partial charge in [-0.2, -0.15) is 0 Å². The van der Waals surface area contributed by atoms with E-state index in [1.165, 1.54) is 17.6 Å². The molecule has 1 aliphatic rings. The number of nitrogens with one attached hydrogen (secondary N) is 1. The predicted molar refractivity (Wildman–Crippen MR) is 66.3 cm³/mol. The molecule has 0 fully saturated rings. The molecule has 0 aliphatic carbocycles. The minimum atomic E-state index is 0.729. The molecule has 1 aromatic rings. The molecule has 0 radical (unpaired) electrons. The van der Waals surface area contributed by atoms with Crippen molar-refractivity contribution >= 4 is 0 Å². The summed E-state index contributed by atoms with van der Waals surface area (Å²) in [6.45, 7) is 3.70. The lowest BCUT2D eigenvalue weighted by molar-refractivity contribution is 0.123. The van der Waals surface area contributed by atoms with Gasteiger partial charge in [-0.1, -0.05) is 42.0 Å². The lowest BCUT2D eigenvalue weighted by Crippen LogP contribution is -2.20. The molecule has 0 unspecified atom stereocenters. The molecule has 0 spiro atoms. The molecule has 0 atom stereocenters. The summed E-state index contributed by atoms with van der Waals surface area (Å²) in [5.74, 6) is 0. The van der Waals surface area contributed by atoms with Crippen LogP contribution in [0, 0.1) is 0 Å². The summed E-state index contributed by atoms with van der Waals surface area (Å²) >= 11 is 0. The highest BCUT2D eigenvalue weighted by atomic mass is 16.5. The zero-order valence-electron chi connectivity index (χ0n) is 9.61. The first-order chi connectivity index (χ1) is 7.95. The molecule has 2 heteroatoms. The van der Waals surface area contributed by atoms with Gasteiger partial charge in [-0.15, -0.1) is 0 Å². The van der Waals surface area contributed by atoms with E-state index in [-0.39, 0.29) is 0 Å². The average Bonchev–Trinajstić information content (AvgIpc) is 2.37. The standard InChI is InChI=1S/C14H19NO/c1-2-4-14(5-3-1)12-16-11-8-13-6-9-15-10-7-13/h1-6,15H,7-12H2. The van der Waals surface area contributed by atoms with Crippen molar-refractivity contribution in [2.24, 2.45) is 0 Å². The number of hydrogen-bond donors (Lipinski definition) is 1. The van der Waals surface area contributed by atoms with Crippen molar-refractivity contribution in [3.05, 3.63) is 47.5 Å². The van der Waals surface area contributed by atoms with Gasteiger partial charge in [0.2, 0.25) is 0 Å². The molecule has 1 heterocycles. The van der Waals surface area contributed by atoms with E-state index in [4.69, 9.17) is 4.74 Å². The molecule has 1 N–H and O–H groups in total. The van der Waals surface area contributed by atoms with Crippen LogP contribution in [0.1, 0.15) is 18.4 Å². The Balaban J connectivity index is 1.63. The molecule has 2 nitrogen and oxygen atoms in total. The first kappa shape index (κ1) is 11.4. The largest absolute Gasteiger partial charge is 0.376 e. The van der Waals surface area contributed by atoms with Crippen molar-refractivity contribution in [2.75, 3.05) is 19.7 Å². The van der Waals surface area contributed by atoms with Crippen LogP contribution >= 0.6 is 0 Å². The fourth-order valence-electron chi connectivity index (χ4n) is 1.86. The van der Waals surface area contributed by atoms with Crippen molar-refractivity contribution < 1.29 is 4.74 Å². The third kappa shape index (κ3) is 3.80. The molecule has 16 heavy (non-hydrogen) atoms. The Morgan fingerprint density at radius 2 is 2.06 bits per heavy atom. The highest BCUT2D eigenvalue weighted by Gasteiger charge is 2.02. The quantitative estimate of drug-likeness (QED) is 0.604. The Bertz CT molecular complexity index is 332. The van der Waals surface area contributed by atoms with Gasteiger partial charge < -0.3 is 10.1 Å². The maximum absolute atomic E-state index is 5.66. The van der Waals surface area contributed by atoms with Crippen LogP contribution in [0.5, 0.6) is 0 Å². The summed E-state index contributed by atoms with van der Waals surface area (Å²) in [6.07, 6.45) is 4.54. The Kier molecular flexibility index (Phi) is 4.59. The highest BCUT2D eigenvalue weighted by Crippen LogP contribution is 2.10. The summed E-state index contributed by atoms with van der Waals surface area (Å²) in [6, 6.07) is 10.3. The summed E-state index contributed by atoms with van der Waals surface area (Å²) in [5.41, 5.74) is 2.79. The molecule has 0 saturated carbocycles. The van der Waals surface area contributed by atoms with Crippen LogP contribution in [0.2, 0.25) is 0 Å². The zero-order valence-corrected chi connectivity index (χ0v) is 9.61. The molecule has 1 aromatic carbocycles. The van der Waals surface area contributed by atoms with Gasteiger partial charge in [0.25, 0.3) is 0 Å². The van der Waals surface area contributed by atoms with Crippen LogP contribution < -0.4 is 5.32 Å². The second kappa shape index (κ2) is 6.46. The maximum Gasteiger partial charge on any atom is 0.0717 e. The molecule has 0 aromatic heterocycles. The molecule has 2 rings (SSSR count). The molecule has 86 valence electrons.